The molecule has 10 heteroatoms. The number of hydrogen-bond donors (Lipinski definition) is 0. The summed E-state index contributed by atoms with van der Waals surface area (Å²) in [4.78, 5) is 0. The van der Waals surface area contributed by atoms with Crippen molar-refractivity contribution in [2.75, 3.05) is 10.7 Å². The van der Waals surface area contributed by atoms with E-state index in [0.717, 1.165) is 9.48 Å². The molecule has 0 aliphatic carbocycles. The second kappa shape index (κ2) is 7.29. The third-order valence-electron chi connectivity index (χ3n) is 4.64. The molecule has 4 aliphatic heterocycles. The van der Waals surface area contributed by atoms with Gasteiger partial charge in [-0.05, 0) is 27.7 Å². The first kappa shape index (κ1) is 20.5. The van der Waals surface area contributed by atoms with Gasteiger partial charge >= 0.3 is 0 Å². The first-order valence-corrected chi connectivity index (χ1v) is 10.8. The Balaban J connectivity index is 0.000000151. The number of rotatable bonds is 2. The molecule has 0 N–H and O–H groups in total. The highest BCUT2D eigenvalue weighted by atomic mass is 79.9. The van der Waals surface area contributed by atoms with Crippen LogP contribution >= 0.6 is 31.9 Å². The minimum Gasteiger partial charge on any atom is -0.624 e. The third-order valence-corrected chi connectivity index (χ3v) is 5.97. The molecule has 4 heterocycles. The van der Waals surface area contributed by atoms with Crippen LogP contribution in [0.4, 0.5) is 0 Å². The van der Waals surface area contributed by atoms with Gasteiger partial charge < -0.3 is 29.4 Å². The Morgan fingerprint density at radius 3 is 1.42 bits per heavy atom. The van der Waals surface area contributed by atoms with Gasteiger partial charge in [-0.2, -0.15) is 0 Å². The van der Waals surface area contributed by atoms with Crippen molar-refractivity contribution < 1.29 is 28.4 Å². The molecule has 148 valence electrons. The lowest BCUT2D eigenvalue weighted by Crippen LogP contribution is -2.35. The second-order valence-electron chi connectivity index (χ2n) is 7.59. The van der Waals surface area contributed by atoms with Crippen molar-refractivity contribution in [3.8, 4) is 0 Å². The summed E-state index contributed by atoms with van der Waals surface area (Å²) in [6, 6.07) is -0.321. The van der Waals surface area contributed by atoms with E-state index in [9.17, 15) is 10.4 Å². The van der Waals surface area contributed by atoms with Gasteiger partial charge in [-0.3, -0.25) is 0 Å². The topological polar surface area (TPSA) is 89.1 Å². The molecule has 2 saturated heterocycles. The maximum atomic E-state index is 11.3. The number of hydrogen-bond acceptors (Lipinski definition) is 6. The summed E-state index contributed by atoms with van der Waals surface area (Å²) < 4.78 is 24.1. The molecule has 0 saturated carbocycles. The molecular weight excluding hydrogens is 476 g/mol. The van der Waals surface area contributed by atoms with Gasteiger partial charge in [0.1, 0.15) is 0 Å². The molecule has 0 aromatic rings. The van der Waals surface area contributed by atoms with Crippen LogP contribution in [0.2, 0.25) is 0 Å². The zero-order valence-corrected chi connectivity index (χ0v) is 18.3. The zero-order chi connectivity index (χ0) is 19.3. The molecule has 0 bridgehead atoms. The number of alkyl halides is 2. The van der Waals surface area contributed by atoms with Crippen molar-refractivity contribution in [3.63, 3.8) is 0 Å². The Labute approximate surface area is 169 Å². The molecule has 0 aromatic carbocycles. The lowest BCUT2D eigenvalue weighted by molar-refractivity contribution is -0.494. The van der Waals surface area contributed by atoms with Crippen LogP contribution in [0, 0.1) is 10.4 Å². The molecule has 0 aromatic heterocycles. The van der Waals surface area contributed by atoms with Crippen LogP contribution in [0.5, 0.6) is 0 Å². The summed E-state index contributed by atoms with van der Waals surface area (Å²) in [6.07, 6.45) is 2.46. The van der Waals surface area contributed by atoms with Gasteiger partial charge in [0.2, 0.25) is 12.1 Å². The molecule has 0 unspecified atom stereocenters. The Morgan fingerprint density at radius 1 is 0.769 bits per heavy atom. The maximum absolute atomic E-state index is 11.3. The summed E-state index contributed by atoms with van der Waals surface area (Å²) >= 11 is 6.59. The van der Waals surface area contributed by atoms with Crippen molar-refractivity contribution in [1.82, 2.24) is 0 Å². The van der Waals surface area contributed by atoms with Gasteiger partial charge in [0, 0.05) is 0 Å². The largest absolute Gasteiger partial charge is 0.624 e. The number of halogens is 2. The van der Waals surface area contributed by atoms with Gasteiger partial charge in [-0.25, -0.2) is 9.48 Å². The highest BCUT2D eigenvalue weighted by Crippen LogP contribution is 2.34. The fraction of sp³-hybridized carbons (Fsp3) is 0.875. The van der Waals surface area contributed by atoms with Gasteiger partial charge in [0.25, 0.3) is 0 Å². The van der Waals surface area contributed by atoms with E-state index in [1.165, 1.54) is 0 Å². The lowest BCUT2D eigenvalue weighted by Gasteiger charge is -2.20. The molecule has 0 amide bonds. The summed E-state index contributed by atoms with van der Waals surface area (Å²) in [6.45, 7) is 7.44. The average Bonchev–Trinajstić information content (AvgIpc) is 3.13. The van der Waals surface area contributed by atoms with Gasteiger partial charge in [0.05, 0.1) is 10.7 Å². The summed E-state index contributed by atoms with van der Waals surface area (Å²) in [5, 5.41) is 23.8. The second-order valence-corrected chi connectivity index (χ2v) is 8.89. The van der Waals surface area contributed by atoms with Crippen LogP contribution < -0.4 is 0 Å². The standard InChI is InChI=1S/2C8H12BrNO3/c2*1-8(2)12-6-4-10(11)5(3-9)7(6)13-8/h2*4-7H,3H2,1-2H3/t2*5-,6+,7-/m11/s1. The fourth-order valence-corrected chi connectivity index (χ4v) is 4.88. The van der Waals surface area contributed by atoms with E-state index < -0.39 is 11.6 Å². The summed E-state index contributed by atoms with van der Waals surface area (Å²) in [7, 11) is 0. The summed E-state index contributed by atoms with van der Waals surface area (Å²) in [5.74, 6) is -1.12. The van der Waals surface area contributed by atoms with Crippen LogP contribution in [0.1, 0.15) is 27.7 Å². The van der Waals surface area contributed by atoms with E-state index in [1.807, 2.05) is 27.7 Å². The van der Waals surface area contributed by atoms with E-state index >= 15 is 0 Å². The molecule has 0 radical (unpaired) electrons. The van der Waals surface area contributed by atoms with Crippen LogP contribution in [-0.4, -0.2) is 80.6 Å². The normalized spacial score (nSPS) is 41.8. The summed E-state index contributed by atoms with van der Waals surface area (Å²) in [5.41, 5.74) is 0. The number of ether oxygens (including phenoxy) is 4. The predicted octanol–water partition coefficient (Wildman–Crippen LogP) is 1.73. The molecule has 6 atom stereocenters. The Kier molecular flexibility index (Phi) is 5.74. The molecule has 4 aliphatic rings. The van der Waals surface area contributed by atoms with Crippen LogP contribution in [0.3, 0.4) is 0 Å². The molecule has 8 nitrogen and oxygen atoms in total. The Hall–Kier alpha value is -0.260. The molecular formula is C16H24Br2N2O6. The quantitative estimate of drug-likeness (QED) is 0.326. The first-order chi connectivity index (χ1) is 12.1. The van der Waals surface area contributed by atoms with E-state index in [4.69, 9.17) is 18.9 Å². The van der Waals surface area contributed by atoms with Gasteiger partial charge in [-0.15, -0.1) is 0 Å². The maximum Gasteiger partial charge on any atom is 0.201 e. The van der Waals surface area contributed by atoms with Crippen LogP contribution in [0.15, 0.2) is 0 Å². The zero-order valence-electron chi connectivity index (χ0n) is 15.1. The number of hydroxylamine groups is 2. The highest BCUT2D eigenvalue weighted by molar-refractivity contribution is 9.09. The number of nitrogens with zero attached hydrogens (tertiary/aromatic N) is 2. The monoisotopic (exact) mass is 498 g/mol. The Bertz CT molecular complexity index is 560. The average molecular weight is 500 g/mol. The fourth-order valence-electron chi connectivity index (χ4n) is 3.57. The van der Waals surface area contributed by atoms with E-state index in [-0.39, 0.29) is 36.5 Å². The van der Waals surface area contributed by atoms with Crippen molar-refractivity contribution in [3.05, 3.63) is 10.4 Å². The SMILES string of the molecule is CC1(C)O[C@H]2[C@H](C=[N+]([O-])[C@@H]2CBr)O1.CC1(C)O[C@H]2[C@H](C=[N+]([O-])[C@@H]2CBr)O1. The predicted molar refractivity (Wildman–Crippen MR) is 102 cm³/mol. The lowest BCUT2D eigenvalue weighted by atomic mass is 10.1. The van der Waals surface area contributed by atoms with Crippen LogP contribution in [-0.2, 0) is 18.9 Å². The van der Waals surface area contributed by atoms with E-state index in [1.54, 1.807) is 12.4 Å². The molecule has 2 fully saturated rings. The van der Waals surface area contributed by atoms with Crippen LogP contribution in [0.25, 0.3) is 0 Å². The minimum atomic E-state index is -0.562. The van der Waals surface area contributed by atoms with Gasteiger partial charge in [0.15, 0.2) is 48.4 Å². The van der Waals surface area contributed by atoms with Crippen molar-refractivity contribution in [2.45, 2.75) is 75.8 Å². The smallest absolute Gasteiger partial charge is 0.201 e. The molecule has 26 heavy (non-hydrogen) atoms. The van der Waals surface area contributed by atoms with Crippen molar-refractivity contribution in [2.24, 2.45) is 0 Å². The van der Waals surface area contributed by atoms with Crippen molar-refractivity contribution >= 4 is 44.3 Å². The third kappa shape index (κ3) is 3.95. The number of fused-ring (bicyclic) bond motifs is 2. The molecule has 0 spiro atoms. The minimum absolute atomic E-state index is 0.133. The Morgan fingerprint density at radius 2 is 1.12 bits per heavy atom. The van der Waals surface area contributed by atoms with Gasteiger partial charge in [-0.1, -0.05) is 31.9 Å². The molecule has 4 rings (SSSR count). The van der Waals surface area contributed by atoms with E-state index in [2.05, 4.69) is 31.9 Å². The van der Waals surface area contributed by atoms with Crippen molar-refractivity contribution in [1.29, 1.82) is 0 Å². The first-order valence-electron chi connectivity index (χ1n) is 8.51. The van der Waals surface area contributed by atoms with E-state index in [0.29, 0.717) is 10.7 Å². The highest BCUT2D eigenvalue weighted by Gasteiger charge is 2.53.